The highest BCUT2D eigenvalue weighted by Gasteiger charge is 2.43. The third-order valence-electron chi connectivity index (χ3n) is 5.81. The maximum absolute atomic E-state index is 13.6. The van der Waals surface area contributed by atoms with Crippen molar-refractivity contribution in [2.45, 2.75) is 33.4 Å². The van der Waals surface area contributed by atoms with E-state index in [1.165, 1.54) is 0 Å². The summed E-state index contributed by atoms with van der Waals surface area (Å²) in [5, 5.41) is 9.03. The first kappa shape index (κ1) is 18.8. The lowest BCUT2D eigenvalue weighted by molar-refractivity contribution is 0.0989. The van der Waals surface area contributed by atoms with E-state index < -0.39 is 0 Å². The van der Waals surface area contributed by atoms with Gasteiger partial charge in [-0.05, 0) is 56.2 Å². The molecule has 8 heteroatoms. The fourth-order valence-corrected chi connectivity index (χ4v) is 4.53. The number of carbonyl (C=O) groups excluding carboxylic acids is 1. The molecule has 4 aromatic rings. The molecule has 1 atom stereocenters. The van der Waals surface area contributed by atoms with Gasteiger partial charge in [0.1, 0.15) is 17.4 Å². The predicted octanol–water partition coefficient (Wildman–Crippen LogP) is 4.20. The maximum atomic E-state index is 13.6. The van der Waals surface area contributed by atoms with Crippen molar-refractivity contribution in [1.82, 2.24) is 24.5 Å². The van der Waals surface area contributed by atoms with E-state index in [2.05, 4.69) is 26.8 Å². The van der Waals surface area contributed by atoms with Crippen molar-refractivity contribution in [2.24, 2.45) is 7.05 Å². The summed E-state index contributed by atoms with van der Waals surface area (Å²) in [6.07, 6.45) is 0. The zero-order chi connectivity index (χ0) is 21.2. The van der Waals surface area contributed by atoms with Gasteiger partial charge in [0.2, 0.25) is 0 Å². The van der Waals surface area contributed by atoms with E-state index in [-0.39, 0.29) is 11.9 Å². The smallest absolute Gasteiger partial charge is 0.279 e. The van der Waals surface area contributed by atoms with E-state index in [9.17, 15) is 4.79 Å². The van der Waals surface area contributed by atoms with E-state index in [0.717, 1.165) is 45.9 Å². The van der Waals surface area contributed by atoms with Crippen LogP contribution in [0.3, 0.4) is 0 Å². The van der Waals surface area contributed by atoms with Gasteiger partial charge in [0.25, 0.3) is 5.91 Å². The molecule has 1 aliphatic heterocycles. The number of imidazole rings is 1. The van der Waals surface area contributed by atoms with Crippen molar-refractivity contribution >= 4 is 34.2 Å². The summed E-state index contributed by atoms with van der Waals surface area (Å²) in [5.74, 6) is 0.742. The Morgan fingerprint density at radius 2 is 1.87 bits per heavy atom. The van der Waals surface area contributed by atoms with Crippen LogP contribution in [0.4, 0.5) is 5.69 Å². The highest BCUT2D eigenvalue weighted by Crippen LogP contribution is 2.43. The summed E-state index contributed by atoms with van der Waals surface area (Å²) in [6, 6.07) is 11.3. The summed E-state index contributed by atoms with van der Waals surface area (Å²) in [6.45, 7) is 6.73. The molecule has 1 aliphatic rings. The van der Waals surface area contributed by atoms with Crippen LogP contribution in [-0.2, 0) is 13.6 Å². The summed E-state index contributed by atoms with van der Waals surface area (Å²) in [4.78, 5) is 20.0. The summed E-state index contributed by atoms with van der Waals surface area (Å²) >= 11 is 6.14. The largest absolute Gasteiger partial charge is 0.330 e. The number of anilines is 1. The minimum atomic E-state index is -0.288. The molecule has 0 radical (unpaired) electrons. The predicted molar refractivity (Wildman–Crippen MR) is 116 cm³/mol. The summed E-state index contributed by atoms with van der Waals surface area (Å²) in [7, 11) is 1.85. The molecule has 2 aromatic heterocycles. The lowest BCUT2D eigenvalue weighted by Crippen LogP contribution is -2.30. The molecule has 152 valence electrons. The Bertz CT molecular complexity index is 1300. The third-order valence-corrected chi connectivity index (χ3v) is 6.06. The van der Waals surface area contributed by atoms with Crippen molar-refractivity contribution in [3.63, 3.8) is 0 Å². The fraction of sp³-hybridized carbons (Fsp3) is 0.273. The minimum Gasteiger partial charge on any atom is -0.330 e. The number of carbonyl (C=O) groups is 1. The second-order valence-electron chi connectivity index (χ2n) is 7.61. The standard InChI is InChI=1S/C22H21ClN6O/c1-5-28-13(3)24-19-21(28)20(14-6-8-15(23)9-7-14)29(22(19)30)16-10-12(2)18-17(11-16)27(4)26-25-18/h6-11,20H,5H2,1-4H3/t20-/m1/s1. The van der Waals surface area contributed by atoms with Crippen LogP contribution in [-0.4, -0.2) is 30.5 Å². The molecule has 0 saturated heterocycles. The maximum Gasteiger partial charge on any atom is 0.279 e. The van der Waals surface area contributed by atoms with E-state index in [0.29, 0.717) is 10.7 Å². The van der Waals surface area contributed by atoms with Gasteiger partial charge in [0.15, 0.2) is 5.69 Å². The highest BCUT2D eigenvalue weighted by atomic mass is 35.5. The first-order chi connectivity index (χ1) is 14.4. The molecular formula is C22H21ClN6O. The first-order valence-corrected chi connectivity index (χ1v) is 10.2. The van der Waals surface area contributed by atoms with Crippen LogP contribution in [0.5, 0.6) is 0 Å². The second-order valence-corrected chi connectivity index (χ2v) is 8.05. The first-order valence-electron chi connectivity index (χ1n) is 9.86. The van der Waals surface area contributed by atoms with Crippen LogP contribution in [0.25, 0.3) is 11.0 Å². The summed E-state index contributed by atoms with van der Waals surface area (Å²) in [5.41, 5.74) is 5.90. The molecule has 0 spiro atoms. The quantitative estimate of drug-likeness (QED) is 0.498. The lowest BCUT2D eigenvalue weighted by Gasteiger charge is -2.27. The van der Waals surface area contributed by atoms with Gasteiger partial charge in [0, 0.05) is 24.3 Å². The van der Waals surface area contributed by atoms with E-state index in [4.69, 9.17) is 11.6 Å². The molecule has 0 bridgehead atoms. The normalized spacial score (nSPS) is 16.0. The minimum absolute atomic E-state index is 0.103. The third kappa shape index (κ3) is 2.58. The molecule has 30 heavy (non-hydrogen) atoms. The highest BCUT2D eigenvalue weighted by molar-refractivity contribution is 6.30. The fourth-order valence-electron chi connectivity index (χ4n) is 4.41. The van der Waals surface area contributed by atoms with Crippen LogP contribution in [0, 0.1) is 13.8 Å². The van der Waals surface area contributed by atoms with Crippen molar-refractivity contribution < 1.29 is 4.79 Å². The zero-order valence-corrected chi connectivity index (χ0v) is 18.0. The molecule has 1 amide bonds. The van der Waals surface area contributed by atoms with E-state index in [1.54, 1.807) is 4.68 Å². The number of halogens is 1. The molecule has 7 nitrogen and oxygen atoms in total. The van der Waals surface area contributed by atoms with Gasteiger partial charge in [-0.15, -0.1) is 5.10 Å². The van der Waals surface area contributed by atoms with Crippen molar-refractivity contribution in [3.05, 3.63) is 69.8 Å². The number of aromatic nitrogens is 5. The van der Waals surface area contributed by atoms with Crippen LogP contribution in [0.1, 0.15) is 46.1 Å². The van der Waals surface area contributed by atoms with Crippen molar-refractivity contribution in [2.75, 3.05) is 4.90 Å². The number of fused-ring (bicyclic) bond motifs is 2. The van der Waals surface area contributed by atoms with Crippen LogP contribution < -0.4 is 4.90 Å². The topological polar surface area (TPSA) is 68.8 Å². The molecule has 3 heterocycles. The van der Waals surface area contributed by atoms with Gasteiger partial charge in [-0.25, -0.2) is 9.67 Å². The number of nitrogens with zero attached hydrogens (tertiary/aromatic N) is 6. The van der Waals surface area contributed by atoms with Crippen molar-refractivity contribution in [1.29, 1.82) is 0 Å². The number of hydrogen-bond donors (Lipinski definition) is 0. The molecule has 0 aliphatic carbocycles. The molecular weight excluding hydrogens is 400 g/mol. The molecule has 0 saturated carbocycles. The lowest BCUT2D eigenvalue weighted by atomic mass is 10.0. The van der Waals surface area contributed by atoms with Gasteiger partial charge in [-0.1, -0.05) is 28.9 Å². The molecule has 0 N–H and O–H groups in total. The monoisotopic (exact) mass is 420 g/mol. The molecule has 5 rings (SSSR count). The molecule has 2 aromatic carbocycles. The van der Waals surface area contributed by atoms with Crippen LogP contribution >= 0.6 is 11.6 Å². The average Bonchev–Trinajstić information content (AvgIpc) is 3.34. The Kier molecular flexibility index (Phi) is 4.18. The Labute approximate surface area is 178 Å². The van der Waals surface area contributed by atoms with Gasteiger partial charge in [0.05, 0.1) is 11.2 Å². The van der Waals surface area contributed by atoms with E-state index in [1.807, 2.05) is 62.2 Å². The number of aryl methyl sites for hydroxylation is 3. The Hall–Kier alpha value is -3.19. The van der Waals surface area contributed by atoms with Gasteiger partial charge in [-0.3, -0.25) is 9.69 Å². The number of benzene rings is 2. The van der Waals surface area contributed by atoms with Gasteiger partial charge >= 0.3 is 0 Å². The van der Waals surface area contributed by atoms with Crippen molar-refractivity contribution in [3.8, 4) is 0 Å². The Balaban J connectivity index is 1.76. The number of rotatable bonds is 3. The SMILES string of the molecule is CCn1c(C)nc2c1[C@@H](c1ccc(Cl)cc1)N(c1cc(C)c3nnn(C)c3c1)C2=O. The number of amides is 1. The average molecular weight is 421 g/mol. The molecule has 0 fully saturated rings. The Morgan fingerprint density at radius 3 is 2.57 bits per heavy atom. The van der Waals surface area contributed by atoms with Crippen LogP contribution in [0.15, 0.2) is 36.4 Å². The molecule has 0 unspecified atom stereocenters. The van der Waals surface area contributed by atoms with Crippen LogP contribution in [0.2, 0.25) is 5.02 Å². The van der Waals surface area contributed by atoms with Gasteiger partial charge in [-0.2, -0.15) is 0 Å². The zero-order valence-electron chi connectivity index (χ0n) is 17.2. The van der Waals surface area contributed by atoms with Gasteiger partial charge < -0.3 is 4.57 Å². The Morgan fingerprint density at radius 1 is 1.13 bits per heavy atom. The second kappa shape index (κ2) is 6.67. The van der Waals surface area contributed by atoms with E-state index >= 15 is 0 Å². The number of hydrogen-bond acceptors (Lipinski definition) is 4. The summed E-state index contributed by atoms with van der Waals surface area (Å²) < 4.78 is 3.84.